The number of benzene rings is 1. The molecule has 102 valence electrons. The summed E-state index contributed by atoms with van der Waals surface area (Å²) in [5.41, 5.74) is 0.745. The van der Waals surface area contributed by atoms with Gasteiger partial charge in [-0.3, -0.25) is 0 Å². The largest absolute Gasteiger partial charge is 0.493 e. The Bertz CT molecular complexity index is 355. The lowest BCUT2D eigenvalue weighted by Gasteiger charge is -2.23. The Morgan fingerprint density at radius 3 is 2.50 bits per heavy atom. The van der Waals surface area contributed by atoms with Crippen LogP contribution < -0.4 is 9.47 Å². The molecule has 0 heterocycles. The quantitative estimate of drug-likeness (QED) is 0.710. The second kappa shape index (κ2) is 6.86. The minimum absolute atomic E-state index is 0.191. The second-order valence-corrected chi connectivity index (χ2v) is 4.91. The molecule has 4 heteroatoms. The van der Waals surface area contributed by atoms with E-state index in [1.165, 1.54) is 0 Å². The van der Waals surface area contributed by atoms with Crippen LogP contribution in [0.1, 0.15) is 25.8 Å². The molecule has 0 aliphatic rings. The van der Waals surface area contributed by atoms with Crippen LogP contribution in [0.15, 0.2) is 18.2 Å². The number of hydrogen-bond acceptors (Lipinski definition) is 3. The lowest BCUT2D eigenvalue weighted by Crippen LogP contribution is -2.25. The van der Waals surface area contributed by atoms with E-state index in [9.17, 15) is 0 Å². The maximum absolute atomic E-state index is 5.90. The van der Waals surface area contributed by atoms with Crippen LogP contribution in [0, 0.1) is 0 Å². The fraction of sp³-hybridized carbons (Fsp3) is 0.571. The lowest BCUT2D eigenvalue weighted by molar-refractivity contribution is 0.00518. The van der Waals surface area contributed by atoms with Crippen molar-refractivity contribution in [1.29, 1.82) is 0 Å². The van der Waals surface area contributed by atoms with Crippen LogP contribution in [-0.4, -0.2) is 26.4 Å². The zero-order chi connectivity index (χ0) is 13.6. The standard InChI is InChI=1S/C14H21ClO3/c1-14(2,17-4)8-9-18-13-11(10-15)6-5-7-12(13)16-3/h5-7H,8-10H2,1-4H3. The van der Waals surface area contributed by atoms with Gasteiger partial charge in [0, 0.05) is 19.1 Å². The van der Waals surface area contributed by atoms with E-state index < -0.39 is 0 Å². The van der Waals surface area contributed by atoms with Gasteiger partial charge in [0.1, 0.15) is 0 Å². The van der Waals surface area contributed by atoms with E-state index in [4.69, 9.17) is 25.8 Å². The van der Waals surface area contributed by atoms with Crippen molar-refractivity contribution in [2.24, 2.45) is 0 Å². The number of alkyl halides is 1. The Labute approximate surface area is 114 Å². The van der Waals surface area contributed by atoms with Crippen molar-refractivity contribution < 1.29 is 14.2 Å². The van der Waals surface area contributed by atoms with Gasteiger partial charge in [-0.15, -0.1) is 11.6 Å². The minimum Gasteiger partial charge on any atom is -0.493 e. The summed E-state index contributed by atoms with van der Waals surface area (Å²) < 4.78 is 16.4. The predicted molar refractivity (Wildman–Crippen MR) is 73.8 cm³/mol. The molecule has 0 aliphatic carbocycles. The van der Waals surface area contributed by atoms with Gasteiger partial charge in [0.2, 0.25) is 0 Å². The molecule has 0 N–H and O–H groups in total. The molecule has 0 bridgehead atoms. The topological polar surface area (TPSA) is 27.7 Å². The van der Waals surface area contributed by atoms with Gasteiger partial charge in [-0.1, -0.05) is 12.1 Å². The van der Waals surface area contributed by atoms with Gasteiger partial charge in [0.25, 0.3) is 0 Å². The van der Waals surface area contributed by atoms with Crippen molar-refractivity contribution in [2.45, 2.75) is 31.7 Å². The van der Waals surface area contributed by atoms with Gasteiger partial charge in [0.05, 0.1) is 25.2 Å². The van der Waals surface area contributed by atoms with Crippen molar-refractivity contribution in [3.63, 3.8) is 0 Å². The first-order chi connectivity index (χ1) is 8.54. The van der Waals surface area contributed by atoms with Crippen LogP contribution in [-0.2, 0) is 10.6 Å². The van der Waals surface area contributed by atoms with Gasteiger partial charge in [-0.2, -0.15) is 0 Å². The second-order valence-electron chi connectivity index (χ2n) is 4.64. The van der Waals surface area contributed by atoms with Crippen molar-refractivity contribution >= 4 is 11.6 Å². The Hall–Kier alpha value is -0.930. The molecular weight excluding hydrogens is 252 g/mol. The summed E-state index contributed by atoms with van der Waals surface area (Å²) in [5.74, 6) is 1.84. The first kappa shape index (κ1) is 15.1. The molecule has 0 unspecified atom stereocenters. The van der Waals surface area contributed by atoms with Gasteiger partial charge >= 0.3 is 0 Å². The Kier molecular flexibility index (Phi) is 5.76. The highest BCUT2D eigenvalue weighted by Crippen LogP contribution is 2.32. The zero-order valence-corrected chi connectivity index (χ0v) is 12.2. The van der Waals surface area contributed by atoms with Crippen LogP contribution >= 0.6 is 11.6 Å². The molecule has 0 fully saturated rings. The summed E-state index contributed by atoms with van der Waals surface area (Å²) in [6.07, 6.45) is 0.795. The van der Waals surface area contributed by atoms with Crippen molar-refractivity contribution in [3.8, 4) is 11.5 Å². The number of hydrogen-bond donors (Lipinski definition) is 0. The maximum Gasteiger partial charge on any atom is 0.165 e. The maximum atomic E-state index is 5.90. The highest BCUT2D eigenvalue weighted by Gasteiger charge is 2.17. The monoisotopic (exact) mass is 272 g/mol. The van der Waals surface area contributed by atoms with E-state index in [2.05, 4.69) is 0 Å². The van der Waals surface area contributed by atoms with Gasteiger partial charge in [0.15, 0.2) is 11.5 Å². The molecule has 0 atom stereocenters. The first-order valence-corrected chi connectivity index (χ1v) is 6.47. The number of ether oxygens (including phenoxy) is 3. The number of rotatable bonds is 7. The third kappa shape index (κ3) is 4.07. The lowest BCUT2D eigenvalue weighted by atomic mass is 10.1. The zero-order valence-electron chi connectivity index (χ0n) is 11.5. The summed E-state index contributed by atoms with van der Waals surface area (Å²) in [4.78, 5) is 0. The van der Waals surface area contributed by atoms with Gasteiger partial charge in [-0.05, 0) is 19.9 Å². The summed E-state index contributed by atoms with van der Waals surface area (Å²) in [7, 11) is 3.33. The molecule has 0 radical (unpaired) electrons. The van der Waals surface area contributed by atoms with Crippen molar-refractivity contribution in [2.75, 3.05) is 20.8 Å². The molecule has 3 nitrogen and oxygen atoms in total. The van der Waals surface area contributed by atoms with E-state index in [1.54, 1.807) is 14.2 Å². The molecule has 0 saturated carbocycles. The van der Waals surface area contributed by atoms with E-state index in [0.717, 1.165) is 17.7 Å². The highest BCUT2D eigenvalue weighted by atomic mass is 35.5. The highest BCUT2D eigenvalue weighted by molar-refractivity contribution is 6.17. The van der Waals surface area contributed by atoms with Crippen LogP contribution in [0.3, 0.4) is 0 Å². The average molecular weight is 273 g/mol. The Balaban J connectivity index is 2.71. The third-order valence-electron chi connectivity index (χ3n) is 2.93. The SMILES string of the molecule is COc1cccc(CCl)c1OCCC(C)(C)OC. The number of para-hydroxylation sites is 1. The average Bonchev–Trinajstić information content (AvgIpc) is 2.38. The van der Waals surface area contributed by atoms with E-state index in [-0.39, 0.29) is 5.60 Å². The minimum atomic E-state index is -0.191. The number of halogens is 1. The molecule has 1 rings (SSSR count). The molecule has 0 spiro atoms. The molecule has 1 aromatic carbocycles. The van der Waals surface area contributed by atoms with Gasteiger partial charge in [-0.25, -0.2) is 0 Å². The van der Waals surface area contributed by atoms with Crippen LogP contribution in [0.5, 0.6) is 11.5 Å². The van der Waals surface area contributed by atoms with Crippen molar-refractivity contribution in [3.05, 3.63) is 23.8 Å². The molecule has 1 aromatic rings. The van der Waals surface area contributed by atoms with Crippen LogP contribution in [0.2, 0.25) is 0 Å². The summed E-state index contributed by atoms with van der Waals surface area (Å²) in [6.45, 7) is 4.62. The Morgan fingerprint density at radius 2 is 1.94 bits per heavy atom. The third-order valence-corrected chi connectivity index (χ3v) is 3.22. The Morgan fingerprint density at radius 1 is 1.22 bits per heavy atom. The van der Waals surface area contributed by atoms with E-state index in [1.807, 2.05) is 32.0 Å². The predicted octanol–water partition coefficient (Wildman–Crippen LogP) is 3.63. The van der Waals surface area contributed by atoms with E-state index >= 15 is 0 Å². The molecule has 0 amide bonds. The molecule has 18 heavy (non-hydrogen) atoms. The van der Waals surface area contributed by atoms with E-state index in [0.29, 0.717) is 18.2 Å². The fourth-order valence-electron chi connectivity index (χ4n) is 1.49. The van der Waals surface area contributed by atoms with Crippen molar-refractivity contribution in [1.82, 2.24) is 0 Å². The molecular formula is C14H21ClO3. The van der Waals surface area contributed by atoms with Gasteiger partial charge < -0.3 is 14.2 Å². The normalized spacial score (nSPS) is 11.4. The summed E-state index contributed by atoms with van der Waals surface area (Å²) >= 11 is 5.90. The molecule has 0 aromatic heterocycles. The fourth-order valence-corrected chi connectivity index (χ4v) is 1.70. The first-order valence-electron chi connectivity index (χ1n) is 5.94. The molecule has 0 saturated heterocycles. The van der Waals surface area contributed by atoms with Crippen LogP contribution in [0.4, 0.5) is 0 Å². The summed E-state index contributed by atoms with van der Waals surface area (Å²) in [5, 5.41) is 0. The smallest absolute Gasteiger partial charge is 0.165 e. The molecule has 0 aliphatic heterocycles. The number of methoxy groups -OCH3 is 2. The summed E-state index contributed by atoms with van der Waals surface area (Å²) in [6, 6.07) is 5.71. The van der Waals surface area contributed by atoms with Crippen LogP contribution in [0.25, 0.3) is 0 Å².